The number of anilines is 3. The molecule has 2 N–H and O–H groups in total. The highest BCUT2D eigenvalue weighted by molar-refractivity contribution is 6.34. The maximum absolute atomic E-state index is 12.8. The van der Waals surface area contributed by atoms with E-state index in [2.05, 4.69) is 15.7 Å². The van der Waals surface area contributed by atoms with Crippen LogP contribution in [0.2, 0.25) is 5.02 Å². The van der Waals surface area contributed by atoms with E-state index >= 15 is 0 Å². The SMILES string of the molecule is CN(C)c1cc(NC(=O)OC(C)(C)C)c(NC(=O)CC(=O)c2cccc(-n3cccn3)c2)cc1Cl. The first-order chi connectivity index (χ1) is 16.4. The van der Waals surface area contributed by atoms with Crippen molar-refractivity contribution in [1.82, 2.24) is 9.78 Å². The first-order valence-electron chi connectivity index (χ1n) is 10.9. The van der Waals surface area contributed by atoms with E-state index in [1.807, 2.05) is 6.07 Å². The van der Waals surface area contributed by atoms with Gasteiger partial charge in [0.1, 0.15) is 5.60 Å². The van der Waals surface area contributed by atoms with Gasteiger partial charge in [0.25, 0.3) is 0 Å². The third-order valence-electron chi connectivity index (χ3n) is 4.74. The summed E-state index contributed by atoms with van der Waals surface area (Å²) in [6, 6.07) is 11.8. The zero-order chi connectivity index (χ0) is 25.8. The molecule has 3 rings (SSSR count). The molecule has 184 valence electrons. The maximum Gasteiger partial charge on any atom is 0.412 e. The van der Waals surface area contributed by atoms with E-state index in [9.17, 15) is 14.4 Å². The van der Waals surface area contributed by atoms with Crippen molar-refractivity contribution in [3.05, 3.63) is 65.4 Å². The largest absolute Gasteiger partial charge is 0.444 e. The Labute approximate surface area is 209 Å². The Bertz CT molecular complexity index is 1230. The predicted molar refractivity (Wildman–Crippen MR) is 137 cm³/mol. The van der Waals surface area contributed by atoms with Gasteiger partial charge in [-0.3, -0.25) is 14.9 Å². The van der Waals surface area contributed by atoms with Gasteiger partial charge in [0.15, 0.2) is 5.78 Å². The fraction of sp³-hybridized carbons (Fsp3) is 0.280. The number of benzene rings is 2. The van der Waals surface area contributed by atoms with Gasteiger partial charge in [-0.15, -0.1) is 0 Å². The lowest BCUT2D eigenvalue weighted by molar-refractivity contribution is -0.115. The van der Waals surface area contributed by atoms with Gasteiger partial charge in [-0.1, -0.05) is 23.7 Å². The van der Waals surface area contributed by atoms with Crippen molar-refractivity contribution in [2.24, 2.45) is 0 Å². The van der Waals surface area contributed by atoms with Gasteiger partial charge in [-0.05, 0) is 51.1 Å². The standard InChI is InChI=1S/C25H28ClN5O4/c1-25(2,3)35-24(34)29-20-14-21(30(4)5)18(26)13-19(20)28-23(33)15-22(32)16-8-6-9-17(12-16)31-11-7-10-27-31/h6-14H,15H2,1-5H3,(H,28,33)(H,29,34). The van der Waals surface area contributed by atoms with Gasteiger partial charge >= 0.3 is 6.09 Å². The smallest absolute Gasteiger partial charge is 0.412 e. The topological polar surface area (TPSA) is 106 Å². The molecule has 0 saturated heterocycles. The van der Waals surface area contributed by atoms with Crippen LogP contribution in [0.25, 0.3) is 5.69 Å². The highest BCUT2D eigenvalue weighted by Crippen LogP contribution is 2.35. The van der Waals surface area contributed by atoms with Crippen LogP contribution < -0.4 is 15.5 Å². The number of nitrogens with one attached hydrogen (secondary N) is 2. The fourth-order valence-corrected chi connectivity index (χ4v) is 3.54. The molecule has 35 heavy (non-hydrogen) atoms. The Morgan fingerprint density at radius 3 is 2.40 bits per heavy atom. The third-order valence-corrected chi connectivity index (χ3v) is 5.04. The van der Waals surface area contributed by atoms with Gasteiger partial charge in [0, 0.05) is 32.1 Å². The second-order valence-corrected chi connectivity index (χ2v) is 9.43. The normalized spacial score (nSPS) is 11.0. The Morgan fingerprint density at radius 1 is 1.06 bits per heavy atom. The average molecular weight is 498 g/mol. The molecule has 0 saturated carbocycles. The molecule has 0 aliphatic heterocycles. The van der Waals surface area contributed by atoms with Crippen LogP contribution in [0.15, 0.2) is 54.9 Å². The maximum atomic E-state index is 12.8. The highest BCUT2D eigenvalue weighted by atomic mass is 35.5. The monoisotopic (exact) mass is 497 g/mol. The van der Waals surface area contributed by atoms with Crippen LogP contribution in [0.4, 0.5) is 21.9 Å². The molecule has 1 heterocycles. The number of carbonyl (C=O) groups is 3. The van der Waals surface area contributed by atoms with E-state index in [-0.39, 0.29) is 17.2 Å². The number of hydrogen-bond acceptors (Lipinski definition) is 6. The summed E-state index contributed by atoms with van der Waals surface area (Å²) in [5.41, 5.74) is 1.53. The summed E-state index contributed by atoms with van der Waals surface area (Å²) >= 11 is 6.38. The number of halogens is 1. The number of nitrogens with zero attached hydrogens (tertiary/aromatic N) is 3. The molecule has 2 amide bonds. The summed E-state index contributed by atoms with van der Waals surface area (Å²) in [5.74, 6) is -0.922. The summed E-state index contributed by atoms with van der Waals surface area (Å²) in [7, 11) is 3.60. The van der Waals surface area contributed by atoms with Crippen molar-refractivity contribution in [3.63, 3.8) is 0 Å². The Balaban J connectivity index is 1.78. The quantitative estimate of drug-likeness (QED) is 0.345. The van der Waals surface area contributed by atoms with Crippen molar-refractivity contribution in [1.29, 1.82) is 0 Å². The predicted octanol–water partition coefficient (Wildman–Crippen LogP) is 5.15. The summed E-state index contributed by atoms with van der Waals surface area (Å²) in [5, 5.41) is 9.84. The first kappa shape index (κ1) is 25.8. The molecule has 0 radical (unpaired) electrons. The summed E-state index contributed by atoms with van der Waals surface area (Å²) in [6.07, 6.45) is 2.31. The molecule has 2 aromatic carbocycles. The van der Waals surface area contributed by atoms with Crippen LogP contribution in [0.3, 0.4) is 0 Å². The fourth-order valence-electron chi connectivity index (χ4n) is 3.21. The summed E-state index contributed by atoms with van der Waals surface area (Å²) in [6.45, 7) is 5.24. The lowest BCUT2D eigenvalue weighted by Crippen LogP contribution is -2.28. The van der Waals surface area contributed by atoms with Crippen molar-refractivity contribution < 1.29 is 19.1 Å². The number of Topliss-reactive ketones (excluding diaryl/α,β-unsaturated/α-hetero) is 1. The summed E-state index contributed by atoms with van der Waals surface area (Å²) < 4.78 is 6.95. The first-order valence-corrected chi connectivity index (χ1v) is 11.2. The zero-order valence-corrected chi connectivity index (χ0v) is 21.0. The minimum Gasteiger partial charge on any atom is -0.444 e. The lowest BCUT2D eigenvalue weighted by Gasteiger charge is -2.22. The molecule has 0 atom stereocenters. The van der Waals surface area contributed by atoms with Gasteiger partial charge in [-0.25, -0.2) is 9.48 Å². The Hall–Kier alpha value is -3.85. The second-order valence-electron chi connectivity index (χ2n) is 9.02. The van der Waals surface area contributed by atoms with Crippen LogP contribution >= 0.6 is 11.6 Å². The van der Waals surface area contributed by atoms with E-state index in [1.165, 1.54) is 6.07 Å². The van der Waals surface area contributed by atoms with Crippen molar-refractivity contribution in [2.45, 2.75) is 32.8 Å². The Kier molecular flexibility index (Phi) is 7.81. The molecule has 0 bridgehead atoms. The van der Waals surface area contributed by atoms with E-state index in [1.54, 1.807) is 87.2 Å². The third kappa shape index (κ3) is 7.07. The average Bonchev–Trinajstić information content (AvgIpc) is 3.29. The zero-order valence-electron chi connectivity index (χ0n) is 20.3. The summed E-state index contributed by atoms with van der Waals surface area (Å²) in [4.78, 5) is 39.7. The van der Waals surface area contributed by atoms with Crippen LogP contribution in [0.1, 0.15) is 37.6 Å². The molecule has 0 fully saturated rings. The van der Waals surface area contributed by atoms with Crippen molar-refractivity contribution >= 4 is 46.4 Å². The van der Waals surface area contributed by atoms with E-state index in [0.29, 0.717) is 22.0 Å². The van der Waals surface area contributed by atoms with Crippen molar-refractivity contribution in [3.8, 4) is 5.69 Å². The Morgan fingerprint density at radius 2 is 1.77 bits per heavy atom. The molecule has 9 nitrogen and oxygen atoms in total. The number of ketones is 1. The highest BCUT2D eigenvalue weighted by Gasteiger charge is 2.20. The van der Waals surface area contributed by atoms with E-state index in [0.717, 1.165) is 0 Å². The number of rotatable bonds is 7. The van der Waals surface area contributed by atoms with Gasteiger partial charge in [-0.2, -0.15) is 5.10 Å². The molecule has 1 aromatic heterocycles. The molecule has 0 spiro atoms. The molecule has 0 unspecified atom stereocenters. The molecule has 0 aliphatic rings. The minimum absolute atomic E-state index is 0.245. The van der Waals surface area contributed by atoms with E-state index < -0.39 is 24.0 Å². The molecular formula is C25H28ClN5O4. The molecule has 10 heteroatoms. The van der Waals surface area contributed by atoms with Crippen LogP contribution in [0.5, 0.6) is 0 Å². The van der Waals surface area contributed by atoms with Crippen LogP contribution in [-0.2, 0) is 9.53 Å². The lowest BCUT2D eigenvalue weighted by atomic mass is 10.1. The number of carbonyl (C=O) groups excluding carboxylic acids is 3. The van der Waals surface area contributed by atoms with Gasteiger partial charge in [0.2, 0.25) is 5.91 Å². The molecule has 3 aromatic rings. The second kappa shape index (κ2) is 10.6. The van der Waals surface area contributed by atoms with Gasteiger partial charge in [0.05, 0.1) is 34.2 Å². The van der Waals surface area contributed by atoms with Crippen molar-refractivity contribution in [2.75, 3.05) is 29.6 Å². The van der Waals surface area contributed by atoms with Crippen LogP contribution in [0, 0.1) is 0 Å². The number of aromatic nitrogens is 2. The molecule has 0 aliphatic carbocycles. The minimum atomic E-state index is -0.707. The van der Waals surface area contributed by atoms with Gasteiger partial charge < -0.3 is 15.0 Å². The van der Waals surface area contributed by atoms with E-state index in [4.69, 9.17) is 16.3 Å². The number of amides is 2. The number of hydrogen-bond donors (Lipinski definition) is 2. The molecular weight excluding hydrogens is 470 g/mol. The number of ether oxygens (including phenoxy) is 1. The van der Waals surface area contributed by atoms with Crippen LogP contribution in [-0.4, -0.2) is 47.3 Å².